The van der Waals surface area contributed by atoms with Crippen LogP contribution < -0.4 is 0 Å². The van der Waals surface area contributed by atoms with Crippen LogP contribution >= 0.6 is 0 Å². The van der Waals surface area contributed by atoms with Crippen molar-refractivity contribution >= 4 is 11.0 Å². The zero-order valence-electron chi connectivity index (χ0n) is 42.1. The number of phenols is 1. The summed E-state index contributed by atoms with van der Waals surface area (Å²) in [5.41, 5.74) is 17.5. The molecule has 0 saturated carbocycles. The van der Waals surface area contributed by atoms with Gasteiger partial charge in [0, 0.05) is 45.6 Å². The zero-order chi connectivity index (χ0) is 49.0. The molecule has 70 heavy (non-hydrogen) atoms. The van der Waals surface area contributed by atoms with Gasteiger partial charge in [-0.2, -0.15) is 0 Å². The van der Waals surface area contributed by atoms with Crippen molar-refractivity contribution in [2.75, 3.05) is 0 Å². The van der Waals surface area contributed by atoms with E-state index in [1.807, 2.05) is 50.4 Å². The molecule has 0 unspecified atom stereocenters. The van der Waals surface area contributed by atoms with E-state index in [9.17, 15) is 6.48 Å². The van der Waals surface area contributed by atoms with E-state index < -0.39 is 5.89 Å². The van der Waals surface area contributed by atoms with Gasteiger partial charge in [-0.15, -0.1) is 23.8 Å². The molecule has 0 aliphatic rings. The number of para-hydroxylation sites is 1. The van der Waals surface area contributed by atoms with Gasteiger partial charge in [-0.25, -0.2) is 4.98 Å². The Hall–Kier alpha value is -7.13. The Morgan fingerprint density at radius 1 is 0.529 bits per heavy atom. The van der Waals surface area contributed by atoms with Crippen molar-refractivity contribution in [3.63, 3.8) is 0 Å². The average molecular weight is 1090 g/mol. The van der Waals surface area contributed by atoms with Crippen molar-refractivity contribution < 1.29 is 27.5 Å². The number of imidazole rings is 1. The Balaban J connectivity index is 0.00000624. The van der Waals surface area contributed by atoms with Gasteiger partial charge >= 0.3 is 0 Å². The van der Waals surface area contributed by atoms with E-state index in [-0.39, 0.29) is 37.6 Å². The second kappa shape index (κ2) is 19.3. The van der Waals surface area contributed by atoms with E-state index in [0.717, 1.165) is 89.2 Å². The monoisotopic (exact) mass is 1090 g/mol. The van der Waals surface area contributed by atoms with Gasteiger partial charge in [0.1, 0.15) is 11.6 Å². The summed E-state index contributed by atoms with van der Waals surface area (Å²) in [6.07, 6.45) is 1.88. The number of aromatic hydroxyl groups is 1. The topological polar surface area (TPSA) is 50.9 Å². The molecule has 8 aromatic carbocycles. The quantitative estimate of drug-likeness (QED) is 0.147. The second-order valence-electron chi connectivity index (χ2n) is 20.4. The number of hydrogen-bond acceptors (Lipinski definition) is 3. The normalized spacial score (nSPS) is 12.1. The summed E-state index contributed by atoms with van der Waals surface area (Å²) in [6.45, 7) is 16.9. The third-order valence-corrected chi connectivity index (χ3v) is 13.2. The number of benzene rings is 8. The van der Waals surface area contributed by atoms with E-state index in [0.29, 0.717) is 11.4 Å². The molecule has 2 aromatic heterocycles. The Labute approximate surface area is 429 Å². The molecule has 0 fully saturated rings. The fourth-order valence-corrected chi connectivity index (χ4v) is 9.29. The van der Waals surface area contributed by atoms with Crippen molar-refractivity contribution in [2.24, 2.45) is 0 Å². The van der Waals surface area contributed by atoms with Crippen molar-refractivity contribution in [1.82, 2.24) is 14.5 Å². The number of aromatic nitrogens is 3. The molecular weight excluding hydrogens is 1030 g/mol. The van der Waals surface area contributed by atoms with Crippen LogP contribution in [0.1, 0.15) is 79.3 Å². The molecule has 0 amide bonds. The predicted octanol–water partition coefficient (Wildman–Crippen LogP) is 17.3. The van der Waals surface area contributed by atoms with Crippen LogP contribution in [-0.4, -0.2) is 19.6 Å². The van der Waals surface area contributed by atoms with E-state index in [1.54, 1.807) is 0 Å². The third kappa shape index (κ3) is 9.58. The summed E-state index contributed by atoms with van der Waals surface area (Å²) in [7, 11) is 0. The maximum atomic E-state index is 12.6. The van der Waals surface area contributed by atoms with Crippen LogP contribution in [0, 0.1) is 6.07 Å². The molecule has 10 aromatic rings. The largest absolute Gasteiger partial charge is 0.507 e. The van der Waals surface area contributed by atoms with E-state index in [2.05, 4.69) is 210 Å². The van der Waals surface area contributed by atoms with Gasteiger partial charge < -0.3 is 5.11 Å². The molecular formula is C65H58N3OPt-. The van der Waals surface area contributed by atoms with Crippen molar-refractivity contribution in [3.05, 3.63) is 217 Å². The Bertz CT molecular complexity index is 3530. The maximum Gasteiger partial charge on any atom is 0.148 e. The minimum Gasteiger partial charge on any atom is -0.507 e. The molecule has 0 radical (unpaired) electrons. The van der Waals surface area contributed by atoms with Crippen LogP contribution in [0.4, 0.5) is 0 Å². The number of nitrogens with zero attached hydrogens (tertiary/aromatic N) is 3. The first-order valence-electron chi connectivity index (χ1n) is 24.4. The molecule has 0 aliphatic heterocycles. The summed E-state index contributed by atoms with van der Waals surface area (Å²) in [5, 5.41) is 12.6. The van der Waals surface area contributed by atoms with E-state index in [4.69, 9.17) is 9.97 Å². The fraction of sp³-hybridized carbons (Fsp3) is 0.169. The number of pyridine rings is 1. The first kappa shape index (κ1) is 46.6. The van der Waals surface area contributed by atoms with Crippen LogP contribution in [0.5, 0.6) is 5.75 Å². The summed E-state index contributed by atoms with van der Waals surface area (Å²) in [5.74, 6) is -0.0863. The standard InChI is InChI=1S/C65H58N3O.Pt/c1-42(2)49-33-51(45-23-16-11-17-24-45)38-55(37-49)68-60-26-18-25-56(61(60)67-63(68)57-40-54(64(3,4)5)41-58(62(57)69)65(6,7)8)52-34-50(44-21-14-10-15-22-44)35-53(36-52)59-39-48(31-32-66-59)47-29-27-46(28-30-47)43-19-12-9-13-20-43;/h9-35,37-42,69H,1-8H3;/q-1;/i42D;. The van der Waals surface area contributed by atoms with Crippen molar-refractivity contribution in [3.8, 4) is 89.7 Å². The van der Waals surface area contributed by atoms with Crippen LogP contribution in [0.2, 0.25) is 0 Å². The fourth-order valence-electron chi connectivity index (χ4n) is 9.29. The van der Waals surface area contributed by atoms with Crippen molar-refractivity contribution in [2.45, 2.75) is 72.1 Å². The first-order chi connectivity index (χ1) is 33.5. The average Bonchev–Trinajstić information content (AvgIpc) is 3.76. The van der Waals surface area contributed by atoms with E-state index in [1.165, 1.54) is 11.1 Å². The molecule has 10 rings (SSSR count). The minimum atomic E-state index is -0.908. The van der Waals surface area contributed by atoms with Crippen LogP contribution in [-0.2, 0) is 31.9 Å². The van der Waals surface area contributed by atoms with Gasteiger partial charge in [-0.1, -0.05) is 218 Å². The number of fused-ring (bicyclic) bond motifs is 1. The molecule has 0 aliphatic carbocycles. The first-order valence-corrected chi connectivity index (χ1v) is 23.9. The number of hydrogen-bond donors (Lipinski definition) is 1. The molecule has 2 heterocycles. The summed E-state index contributed by atoms with van der Waals surface area (Å²) >= 11 is 0. The van der Waals surface area contributed by atoms with E-state index >= 15 is 0 Å². The number of rotatable bonds is 9. The third-order valence-electron chi connectivity index (χ3n) is 13.2. The second-order valence-corrected chi connectivity index (χ2v) is 20.4. The van der Waals surface area contributed by atoms with Gasteiger partial charge in [0.2, 0.25) is 0 Å². The minimum absolute atomic E-state index is 0. The predicted molar refractivity (Wildman–Crippen MR) is 289 cm³/mol. The molecule has 0 atom stereocenters. The van der Waals surface area contributed by atoms with Crippen molar-refractivity contribution in [1.29, 1.82) is 0 Å². The molecule has 350 valence electrons. The Morgan fingerprint density at radius 3 is 1.67 bits per heavy atom. The summed E-state index contributed by atoms with van der Waals surface area (Å²) in [4.78, 5) is 10.6. The molecule has 1 N–H and O–H groups in total. The summed E-state index contributed by atoms with van der Waals surface area (Å²) < 4.78 is 11.5. The molecule has 5 heteroatoms. The Morgan fingerprint density at radius 2 is 1.09 bits per heavy atom. The van der Waals surface area contributed by atoms with Crippen LogP contribution in [0.15, 0.2) is 194 Å². The van der Waals surface area contributed by atoms with Crippen LogP contribution in [0.25, 0.3) is 95.0 Å². The van der Waals surface area contributed by atoms with Gasteiger partial charge in [-0.3, -0.25) is 9.55 Å². The molecule has 0 bridgehead atoms. The smallest absolute Gasteiger partial charge is 0.148 e. The Kier molecular flexibility index (Phi) is 12.9. The van der Waals surface area contributed by atoms with Gasteiger partial charge in [0.25, 0.3) is 0 Å². The van der Waals surface area contributed by atoms with Gasteiger partial charge in [-0.05, 0) is 97.1 Å². The van der Waals surface area contributed by atoms with Crippen LogP contribution in [0.3, 0.4) is 0 Å². The number of phenolic OH excluding ortho intramolecular Hbond substituents is 1. The maximum absolute atomic E-state index is 12.6. The SMILES string of the molecule is [2H]C(C)(C)c1cc(-c2ccccc2)cc(-n2c(-c3cc(C(C)(C)C)cc(C(C)(C)C)c3O)nc3c(-c4[c-]c(-c5cc(-c6ccc(-c7ccccc7)cc6)ccn5)cc(-c5ccccc5)c4)cccc32)c1.[Pt]. The molecule has 0 spiro atoms. The zero-order valence-corrected chi connectivity index (χ0v) is 43.4. The molecule has 4 nitrogen and oxygen atoms in total. The van der Waals surface area contributed by atoms with Gasteiger partial charge in [0.05, 0.1) is 16.6 Å². The molecule has 0 saturated heterocycles. The summed E-state index contributed by atoms with van der Waals surface area (Å²) in [6, 6.07) is 69.4. The van der Waals surface area contributed by atoms with Gasteiger partial charge in [0.15, 0.2) is 0 Å².